The topological polar surface area (TPSA) is 80.5 Å². The number of amides is 2. The number of carbonyl (C=O) groups is 3. The van der Waals surface area contributed by atoms with E-state index in [0.717, 1.165) is 14.9 Å². The van der Waals surface area contributed by atoms with Crippen molar-refractivity contribution in [3.63, 3.8) is 0 Å². The third kappa shape index (κ3) is 5.00. The first-order valence-corrected chi connectivity index (χ1v) is 11.5. The maximum Gasteiger partial charge on any atom is 0.247 e. The van der Waals surface area contributed by atoms with Crippen molar-refractivity contribution in [2.45, 2.75) is 16.6 Å². The number of imide groups is 1. The number of halogens is 1. The largest absolute Gasteiger partial charge is 0.399 e. The molecule has 1 aliphatic heterocycles. The highest BCUT2D eigenvalue weighted by Gasteiger charge is 2.40. The molecule has 5 nitrogen and oxygen atoms in total. The number of nitrogen functional groups attached to an aromatic ring is 1. The molecule has 4 rings (SSSR count). The number of allylic oxidation sites excluding steroid dienone is 1. The van der Waals surface area contributed by atoms with Crippen LogP contribution in [0.15, 0.2) is 88.2 Å². The van der Waals surface area contributed by atoms with Gasteiger partial charge in [0.15, 0.2) is 5.78 Å². The van der Waals surface area contributed by atoms with E-state index in [2.05, 4.69) is 15.9 Å². The third-order valence-corrected chi connectivity index (χ3v) is 6.60. The van der Waals surface area contributed by atoms with Crippen LogP contribution in [0.1, 0.15) is 22.3 Å². The molecule has 1 fully saturated rings. The SMILES string of the molecule is Nc1cccc(SC2CC(=O)N(c3ccc(C(=O)/C=C/c4cccc(Br)c4)cc3)C2=O)c1. The van der Waals surface area contributed by atoms with Crippen LogP contribution in [-0.4, -0.2) is 22.8 Å². The summed E-state index contributed by atoms with van der Waals surface area (Å²) in [7, 11) is 0. The number of ketones is 1. The van der Waals surface area contributed by atoms with Crippen molar-refractivity contribution in [2.75, 3.05) is 10.6 Å². The number of rotatable bonds is 6. The number of nitrogens with zero attached hydrogens (tertiary/aromatic N) is 1. The molecule has 160 valence electrons. The molecule has 3 aromatic carbocycles. The standard InChI is InChI=1S/C25H19BrN2O3S/c26-18-4-1-3-16(13-18)7-12-22(29)17-8-10-20(11-9-17)28-24(30)15-23(25(28)31)32-21-6-2-5-19(27)14-21/h1-14,23H,15,27H2/b12-7+. The van der Waals surface area contributed by atoms with Crippen molar-refractivity contribution in [3.05, 3.63) is 94.5 Å². The molecule has 0 aliphatic carbocycles. The molecule has 1 atom stereocenters. The summed E-state index contributed by atoms with van der Waals surface area (Å²) in [5, 5.41) is -0.501. The molecule has 0 aromatic heterocycles. The fraction of sp³-hybridized carbons (Fsp3) is 0.0800. The highest BCUT2D eigenvalue weighted by atomic mass is 79.9. The van der Waals surface area contributed by atoms with Gasteiger partial charge in [-0.25, -0.2) is 4.90 Å². The van der Waals surface area contributed by atoms with Crippen LogP contribution in [0, 0.1) is 0 Å². The number of carbonyl (C=O) groups excluding carboxylic acids is 3. The molecule has 32 heavy (non-hydrogen) atoms. The average Bonchev–Trinajstić information content (AvgIpc) is 3.05. The first kappa shape index (κ1) is 22.0. The Morgan fingerprint density at radius 3 is 2.50 bits per heavy atom. The van der Waals surface area contributed by atoms with Crippen LogP contribution in [-0.2, 0) is 9.59 Å². The van der Waals surface area contributed by atoms with E-state index in [4.69, 9.17) is 5.73 Å². The minimum atomic E-state index is -0.501. The summed E-state index contributed by atoms with van der Waals surface area (Å²) in [6.07, 6.45) is 3.36. The Morgan fingerprint density at radius 2 is 1.78 bits per heavy atom. The van der Waals surface area contributed by atoms with E-state index in [1.807, 2.05) is 36.4 Å². The number of nitrogens with two attached hydrogens (primary N) is 1. The van der Waals surface area contributed by atoms with Gasteiger partial charge in [-0.3, -0.25) is 14.4 Å². The van der Waals surface area contributed by atoms with Crippen molar-refractivity contribution < 1.29 is 14.4 Å². The number of benzene rings is 3. The van der Waals surface area contributed by atoms with Crippen molar-refractivity contribution in [2.24, 2.45) is 0 Å². The van der Waals surface area contributed by atoms with Gasteiger partial charge in [-0.05, 0) is 66.2 Å². The van der Waals surface area contributed by atoms with Crippen LogP contribution in [0.4, 0.5) is 11.4 Å². The number of anilines is 2. The molecular weight excluding hydrogens is 488 g/mol. The zero-order chi connectivity index (χ0) is 22.7. The molecule has 1 heterocycles. The van der Waals surface area contributed by atoms with E-state index in [0.29, 0.717) is 16.9 Å². The molecular formula is C25H19BrN2O3S. The molecule has 2 amide bonds. The van der Waals surface area contributed by atoms with E-state index in [1.54, 1.807) is 42.5 Å². The van der Waals surface area contributed by atoms with Crippen LogP contribution in [0.2, 0.25) is 0 Å². The van der Waals surface area contributed by atoms with Gasteiger partial charge in [0.2, 0.25) is 11.8 Å². The van der Waals surface area contributed by atoms with Gasteiger partial charge in [-0.15, -0.1) is 11.8 Å². The van der Waals surface area contributed by atoms with Gasteiger partial charge in [-0.2, -0.15) is 0 Å². The van der Waals surface area contributed by atoms with Gasteiger partial charge in [0, 0.05) is 27.0 Å². The molecule has 7 heteroatoms. The first-order chi connectivity index (χ1) is 15.4. The van der Waals surface area contributed by atoms with Crippen molar-refractivity contribution >= 4 is 62.7 Å². The predicted octanol–water partition coefficient (Wildman–Crippen LogP) is 5.35. The van der Waals surface area contributed by atoms with Gasteiger partial charge in [0.05, 0.1) is 10.9 Å². The number of thioether (sulfide) groups is 1. The second-order valence-electron chi connectivity index (χ2n) is 7.25. The molecule has 0 saturated carbocycles. The smallest absolute Gasteiger partial charge is 0.247 e. The summed E-state index contributed by atoms with van der Waals surface area (Å²) in [6.45, 7) is 0. The molecule has 1 saturated heterocycles. The number of hydrogen-bond acceptors (Lipinski definition) is 5. The maximum atomic E-state index is 12.9. The van der Waals surface area contributed by atoms with Gasteiger partial charge >= 0.3 is 0 Å². The summed E-state index contributed by atoms with van der Waals surface area (Å²) in [5.74, 6) is -0.688. The summed E-state index contributed by atoms with van der Waals surface area (Å²) < 4.78 is 0.934. The van der Waals surface area contributed by atoms with Crippen LogP contribution >= 0.6 is 27.7 Å². The van der Waals surface area contributed by atoms with E-state index < -0.39 is 5.25 Å². The minimum Gasteiger partial charge on any atom is -0.399 e. The Bertz CT molecular complexity index is 1220. The van der Waals surface area contributed by atoms with Gasteiger partial charge in [0.25, 0.3) is 0 Å². The van der Waals surface area contributed by atoms with Crippen LogP contribution in [0.5, 0.6) is 0 Å². The van der Waals surface area contributed by atoms with E-state index in [-0.39, 0.29) is 24.0 Å². The first-order valence-electron chi connectivity index (χ1n) is 9.88. The lowest BCUT2D eigenvalue weighted by molar-refractivity contribution is -0.121. The summed E-state index contributed by atoms with van der Waals surface area (Å²) in [5.41, 5.74) is 8.25. The zero-order valence-corrected chi connectivity index (χ0v) is 19.3. The van der Waals surface area contributed by atoms with Gasteiger partial charge in [-0.1, -0.05) is 40.2 Å². The molecule has 0 spiro atoms. The molecule has 3 aromatic rings. The molecule has 1 aliphatic rings. The van der Waals surface area contributed by atoms with E-state index >= 15 is 0 Å². The molecule has 0 radical (unpaired) electrons. The van der Waals surface area contributed by atoms with Crippen molar-refractivity contribution in [1.29, 1.82) is 0 Å². The third-order valence-electron chi connectivity index (χ3n) is 4.93. The average molecular weight is 507 g/mol. The fourth-order valence-electron chi connectivity index (χ4n) is 3.37. The van der Waals surface area contributed by atoms with E-state index in [9.17, 15) is 14.4 Å². The summed E-state index contributed by atoms with van der Waals surface area (Å²) in [6, 6.07) is 21.4. The lowest BCUT2D eigenvalue weighted by Crippen LogP contribution is -2.31. The highest BCUT2D eigenvalue weighted by molar-refractivity contribution is 9.10. The second kappa shape index (κ2) is 9.54. The fourth-order valence-corrected chi connectivity index (χ4v) is 4.91. The Hall–Kier alpha value is -3.16. The maximum absolute atomic E-state index is 12.9. The van der Waals surface area contributed by atoms with Crippen LogP contribution < -0.4 is 10.6 Å². The molecule has 0 bridgehead atoms. The molecule has 1 unspecified atom stereocenters. The normalized spacial score (nSPS) is 16.2. The zero-order valence-electron chi connectivity index (χ0n) is 16.9. The summed E-state index contributed by atoms with van der Waals surface area (Å²) in [4.78, 5) is 39.9. The Balaban J connectivity index is 1.45. The Morgan fingerprint density at radius 1 is 1.03 bits per heavy atom. The second-order valence-corrected chi connectivity index (χ2v) is 9.44. The minimum absolute atomic E-state index is 0.119. The van der Waals surface area contributed by atoms with E-state index in [1.165, 1.54) is 22.7 Å². The van der Waals surface area contributed by atoms with Gasteiger partial charge < -0.3 is 5.73 Å². The summed E-state index contributed by atoms with van der Waals surface area (Å²) >= 11 is 4.73. The predicted molar refractivity (Wildman–Crippen MR) is 132 cm³/mol. The lowest BCUT2D eigenvalue weighted by atomic mass is 10.1. The highest BCUT2D eigenvalue weighted by Crippen LogP contribution is 2.34. The van der Waals surface area contributed by atoms with Crippen molar-refractivity contribution in [1.82, 2.24) is 0 Å². The monoisotopic (exact) mass is 506 g/mol. The van der Waals surface area contributed by atoms with Crippen LogP contribution in [0.25, 0.3) is 6.08 Å². The van der Waals surface area contributed by atoms with Gasteiger partial charge in [0.1, 0.15) is 0 Å². The van der Waals surface area contributed by atoms with Crippen molar-refractivity contribution in [3.8, 4) is 0 Å². The Labute approximate surface area is 198 Å². The lowest BCUT2D eigenvalue weighted by Gasteiger charge is -2.15. The van der Waals surface area contributed by atoms with Crippen LogP contribution in [0.3, 0.4) is 0 Å². The quantitative estimate of drug-likeness (QED) is 0.211. The number of hydrogen-bond donors (Lipinski definition) is 1. The Kier molecular flexibility index (Phi) is 6.58. The molecule has 2 N–H and O–H groups in total.